The monoisotopic (exact) mass is 647 g/mol. The molecule has 0 bridgehead atoms. The third-order valence-electron chi connectivity index (χ3n) is 8.47. The highest BCUT2D eigenvalue weighted by Gasteiger charge is 2.51. The second kappa shape index (κ2) is 12.7. The van der Waals surface area contributed by atoms with E-state index in [0.29, 0.717) is 19.1 Å². The van der Waals surface area contributed by atoms with Crippen molar-refractivity contribution in [2.45, 2.75) is 97.5 Å². The SMILES string of the molecule is CC(Oc1ccc([S+](c2ccc(C3CCCCC3)cc2)c2ccc(C3(C)OCC(C)(C)CO3)cc2)cc1)C(F)(F)S(=O)(=O)O. The molecule has 0 amide bonds. The van der Waals surface area contributed by atoms with Crippen molar-refractivity contribution in [2.24, 2.45) is 5.41 Å². The largest absolute Gasteiger partial charge is 0.483 e. The molecule has 10 heteroatoms. The van der Waals surface area contributed by atoms with E-state index in [4.69, 9.17) is 18.8 Å². The van der Waals surface area contributed by atoms with Gasteiger partial charge in [0.05, 0.1) is 24.1 Å². The molecule has 3 aromatic carbocycles. The minimum Gasteiger partial charge on any atom is -0.483 e. The van der Waals surface area contributed by atoms with Crippen molar-refractivity contribution in [3.63, 3.8) is 0 Å². The molecule has 2 atom stereocenters. The van der Waals surface area contributed by atoms with E-state index in [2.05, 4.69) is 50.2 Å². The van der Waals surface area contributed by atoms with Crippen LogP contribution in [0.25, 0.3) is 0 Å². The maximum absolute atomic E-state index is 14.1. The maximum atomic E-state index is 14.1. The Labute approximate surface area is 262 Å². The Hall–Kier alpha value is -2.50. The topological polar surface area (TPSA) is 82.1 Å². The highest BCUT2D eigenvalue weighted by Crippen LogP contribution is 2.39. The van der Waals surface area contributed by atoms with Crippen molar-refractivity contribution >= 4 is 21.0 Å². The Morgan fingerprint density at radius 2 is 1.32 bits per heavy atom. The lowest BCUT2D eigenvalue weighted by Gasteiger charge is -2.41. The zero-order valence-electron chi connectivity index (χ0n) is 25.6. The molecular formula is C34H41F2O6S2+. The zero-order valence-corrected chi connectivity index (χ0v) is 27.2. The summed E-state index contributed by atoms with van der Waals surface area (Å²) in [6.45, 7) is 8.24. The quantitative estimate of drug-likeness (QED) is 0.186. The average Bonchev–Trinajstić information content (AvgIpc) is 3.00. The van der Waals surface area contributed by atoms with Gasteiger partial charge in [-0.15, -0.1) is 0 Å². The van der Waals surface area contributed by atoms with Crippen molar-refractivity contribution in [3.05, 3.63) is 83.9 Å². The van der Waals surface area contributed by atoms with E-state index < -0.39 is 38.2 Å². The van der Waals surface area contributed by atoms with E-state index in [-0.39, 0.29) is 11.2 Å². The fourth-order valence-corrected chi connectivity index (χ4v) is 8.18. The first kappa shape index (κ1) is 32.9. The summed E-state index contributed by atoms with van der Waals surface area (Å²) in [5.74, 6) is -0.188. The predicted molar refractivity (Wildman–Crippen MR) is 167 cm³/mol. The van der Waals surface area contributed by atoms with Gasteiger partial charge in [-0.25, -0.2) is 0 Å². The van der Waals surface area contributed by atoms with Crippen LogP contribution in [0.5, 0.6) is 5.75 Å². The maximum Gasteiger partial charge on any atom is 0.405 e. The van der Waals surface area contributed by atoms with Gasteiger partial charge in [0.25, 0.3) is 0 Å². The summed E-state index contributed by atoms with van der Waals surface area (Å²) in [6, 6.07) is 23.7. The number of hydrogen-bond donors (Lipinski definition) is 1. The van der Waals surface area contributed by atoms with Gasteiger partial charge in [-0.3, -0.25) is 4.55 Å². The van der Waals surface area contributed by atoms with Gasteiger partial charge in [0.1, 0.15) is 5.75 Å². The van der Waals surface area contributed by atoms with Crippen molar-refractivity contribution < 1.29 is 36.0 Å². The molecule has 238 valence electrons. The number of benzene rings is 3. The molecule has 3 aromatic rings. The summed E-state index contributed by atoms with van der Waals surface area (Å²) in [6.07, 6.45) is 4.16. The summed E-state index contributed by atoms with van der Waals surface area (Å²) in [4.78, 5) is 3.09. The fraction of sp³-hybridized carbons (Fsp3) is 0.471. The Morgan fingerprint density at radius 1 is 0.841 bits per heavy atom. The van der Waals surface area contributed by atoms with Crippen LogP contribution in [-0.4, -0.2) is 37.5 Å². The van der Waals surface area contributed by atoms with Crippen molar-refractivity contribution in [3.8, 4) is 5.75 Å². The van der Waals surface area contributed by atoms with E-state index in [1.54, 1.807) is 24.3 Å². The molecule has 1 aliphatic carbocycles. The van der Waals surface area contributed by atoms with Gasteiger partial charge in [0, 0.05) is 11.0 Å². The molecule has 1 aliphatic heterocycles. The molecule has 1 heterocycles. The Bertz CT molecular complexity index is 1510. The number of halogens is 2. The van der Waals surface area contributed by atoms with E-state index >= 15 is 0 Å². The molecule has 1 saturated carbocycles. The molecule has 2 aliphatic rings. The predicted octanol–water partition coefficient (Wildman–Crippen LogP) is 8.32. The Balaban J connectivity index is 1.44. The summed E-state index contributed by atoms with van der Waals surface area (Å²) in [5.41, 5.74) is 2.23. The first-order valence-electron chi connectivity index (χ1n) is 15.0. The number of alkyl halides is 2. The van der Waals surface area contributed by atoms with Crippen LogP contribution in [0.2, 0.25) is 0 Å². The van der Waals surface area contributed by atoms with Gasteiger partial charge in [-0.2, -0.15) is 17.2 Å². The van der Waals surface area contributed by atoms with E-state index in [9.17, 15) is 17.2 Å². The normalized spacial score (nSPS) is 20.5. The van der Waals surface area contributed by atoms with E-state index in [0.717, 1.165) is 27.2 Å². The molecule has 1 saturated heterocycles. The highest BCUT2D eigenvalue weighted by molar-refractivity contribution is 7.97. The third kappa shape index (κ3) is 7.15. The zero-order chi connectivity index (χ0) is 31.8. The van der Waals surface area contributed by atoms with Crippen molar-refractivity contribution in [1.82, 2.24) is 0 Å². The summed E-state index contributed by atoms with van der Waals surface area (Å²) in [5, 5.41) is -4.45. The van der Waals surface area contributed by atoms with Crippen LogP contribution in [-0.2, 0) is 36.3 Å². The van der Waals surface area contributed by atoms with Crippen molar-refractivity contribution in [1.29, 1.82) is 0 Å². The van der Waals surface area contributed by atoms with Gasteiger partial charge < -0.3 is 14.2 Å². The summed E-state index contributed by atoms with van der Waals surface area (Å²) in [7, 11) is -6.16. The number of rotatable bonds is 9. The van der Waals surface area contributed by atoms with Gasteiger partial charge in [0.15, 0.2) is 26.6 Å². The number of ether oxygens (including phenoxy) is 3. The van der Waals surface area contributed by atoms with E-state index in [1.165, 1.54) is 37.7 Å². The van der Waals surface area contributed by atoms with Crippen LogP contribution >= 0.6 is 0 Å². The fourth-order valence-electron chi connectivity index (χ4n) is 5.67. The van der Waals surface area contributed by atoms with Gasteiger partial charge in [-0.05, 0) is 98.8 Å². The second-order valence-electron chi connectivity index (χ2n) is 12.7. The van der Waals surface area contributed by atoms with Gasteiger partial charge in [0.2, 0.25) is 0 Å². The molecule has 44 heavy (non-hydrogen) atoms. The van der Waals surface area contributed by atoms with Gasteiger partial charge >= 0.3 is 15.4 Å². The van der Waals surface area contributed by atoms with Crippen LogP contribution in [0.3, 0.4) is 0 Å². The van der Waals surface area contributed by atoms with E-state index in [1.807, 2.05) is 19.1 Å². The second-order valence-corrected chi connectivity index (χ2v) is 16.2. The molecular weight excluding hydrogens is 606 g/mol. The van der Waals surface area contributed by atoms with Crippen LogP contribution < -0.4 is 4.74 Å². The molecule has 0 radical (unpaired) electrons. The highest BCUT2D eigenvalue weighted by atomic mass is 32.2. The summed E-state index contributed by atoms with van der Waals surface area (Å²) < 4.78 is 76.9. The Kier molecular flexibility index (Phi) is 9.50. The van der Waals surface area contributed by atoms with Crippen LogP contribution in [0, 0.1) is 5.41 Å². The lowest BCUT2D eigenvalue weighted by molar-refractivity contribution is -0.298. The van der Waals surface area contributed by atoms with Gasteiger partial charge in [-0.1, -0.05) is 45.2 Å². The first-order chi connectivity index (χ1) is 20.7. The molecule has 2 unspecified atom stereocenters. The molecule has 6 nitrogen and oxygen atoms in total. The minimum absolute atomic E-state index is 0.0500. The minimum atomic E-state index is -5.62. The molecule has 0 spiro atoms. The standard InChI is InChI=1S/C34H40F2O6S2/c1-24(34(35,36)44(37,38)39)42-28-14-20-31(21-15-28)43(29-16-10-26(11-17-29)25-8-6-5-7-9-25)30-18-12-27(13-19-30)33(4)40-22-32(2,3)23-41-33/h10-21,24-25H,5-9,22-23H2,1-4H3/p+1. The molecule has 1 N–H and O–H groups in total. The third-order valence-corrected chi connectivity index (χ3v) is 11.7. The lowest BCUT2D eigenvalue weighted by atomic mass is 9.84. The summed E-state index contributed by atoms with van der Waals surface area (Å²) >= 11 is 0. The Morgan fingerprint density at radius 3 is 1.82 bits per heavy atom. The van der Waals surface area contributed by atoms with Crippen molar-refractivity contribution in [2.75, 3.05) is 13.2 Å². The molecule has 0 aromatic heterocycles. The van der Waals surface area contributed by atoms with Crippen LogP contribution in [0.1, 0.15) is 76.8 Å². The number of hydrogen-bond acceptors (Lipinski definition) is 5. The molecule has 2 fully saturated rings. The lowest BCUT2D eigenvalue weighted by Crippen LogP contribution is -2.43. The van der Waals surface area contributed by atoms with Crippen LogP contribution in [0.4, 0.5) is 8.78 Å². The average molecular weight is 648 g/mol. The molecule has 5 rings (SSSR count). The van der Waals surface area contributed by atoms with Crippen LogP contribution in [0.15, 0.2) is 87.5 Å². The first-order valence-corrected chi connectivity index (χ1v) is 17.7. The smallest absolute Gasteiger partial charge is 0.405 e.